The quantitative estimate of drug-likeness (QED) is 0.105. The van der Waals surface area contributed by atoms with E-state index in [1.54, 1.807) is 12.1 Å². The van der Waals surface area contributed by atoms with Gasteiger partial charge in [0.15, 0.2) is 0 Å². The van der Waals surface area contributed by atoms with Gasteiger partial charge in [0, 0.05) is 12.2 Å². The van der Waals surface area contributed by atoms with Crippen LogP contribution >= 0.6 is 12.6 Å². The second-order valence-electron chi connectivity index (χ2n) is 9.16. The minimum atomic E-state index is -1.21. The molecule has 3 amide bonds. The van der Waals surface area contributed by atoms with Gasteiger partial charge >= 0.3 is 5.97 Å². The number of phenols is 1. The van der Waals surface area contributed by atoms with Gasteiger partial charge in [-0.2, -0.15) is 12.6 Å². The van der Waals surface area contributed by atoms with Gasteiger partial charge in [0.25, 0.3) is 0 Å². The Labute approximate surface area is 233 Å². The smallest absolute Gasteiger partial charge is 0.326 e. The van der Waals surface area contributed by atoms with Crippen LogP contribution in [0.4, 0.5) is 0 Å². The molecule has 2 rings (SSSR count). The lowest BCUT2D eigenvalue weighted by Crippen LogP contribution is -2.58. The fourth-order valence-electron chi connectivity index (χ4n) is 3.81. The number of benzene rings is 2. The van der Waals surface area contributed by atoms with E-state index >= 15 is 0 Å². The molecule has 0 fully saturated rings. The number of aliphatic carboxylic acids is 1. The van der Waals surface area contributed by atoms with E-state index in [4.69, 9.17) is 11.5 Å². The van der Waals surface area contributed by atoms with Crippen LogP contribution in [0.25, 0.3) is 0 Å². The first-order chi connectivity index (χ1) is 18.6. The van der Waals surface area contributed by atoms with Crippen molar-refractivity contribution < 1.29 is 29.4 Å². The summed E-state index contributed by atoms with van der Waals surface area (Å²) < 4.78 is 0. The third-order valence-corrected chi connectivity index (χ3v) is 6.39. The fourth-order valence-corrected chi connectivity index (χ4v) is 4.06. The lowest BCUT2D eigenvalue weighted by molar-refractivity contribution is -0.142. The van der Waals surface area contributed by atoms with E-state index in [1.165, 1.54) is 12.1 Å². The van der Waals surface area contributed by atoms with Crippen LogP contribution < -0.4 is 27.4 Å². The number of rotatable bonds is 16. The monoisotopic (exact) mass is 559 g/mol. The van der Waals surface area contributed by atoms with Crippen molar-refractivity contribution in [3.05, 3.63) is 65.7 Å². The van der Waals surface area contributed by atoms with Gasteiger partial charge in [-0.3, -0.25) is 14.4 Å². The number of hydrogen-bond donors (Lipinski definition) is 8. The largest absolute Gasteiger partial charge is 0.508 e. The van der Waals surface area contributed by atoms with Crippen LogP contribution in [0.15, 0.2) is 54.6 Å². The third-order valence-electron chi connectivity index (χ3n) is 6.02. The number of nitrogens with one attached hydrogen (secondary N) is 3. The molecule has 0 radical (unpaired) electrons. The van der Waals surface area contributed by atoms with Crippen LogP contribution in [-0.4, -0.2) is 70.4 Å². The van der Waals surface area contributed by atoms with Crippen molar-refractivity contribution in [2.75, 3.05) is 12.3 Å². The number of hydrogen-bond acceptors (Lipinski definition) is 8. The summed E-state index contributed by atoms with van der Waals surface area (Å²) >= 11 is 4.18. The Morgan fingerprint density at radius 3 is 1.92 bits per heavy atom. The summed E-state index contributed by atoms with van der Waals surface area (Å²) in [6.45, 7) is 0.395. The Morgan fingerprint density at radius 2 is 1.33 bits per heavy atom. The van der Waals surface area contributed by atoms with Crippen LogP contribution in [0.1, 0.15) is 30.4 Å². The highest BCUT2D eigenvalue weighted by atomic mass is 32.1. The van der Waals surface area contributed by atoms with Gasteiger partial charge in [-0.05, 0) is 55.5 Å². The second kappa shape index (κ2) is 16.4. The van der Waals surface area contributed by atoms with Crippen molar-refractivity contribution in [3.8, 4) is 5.75 Å². The number of carbonyl (C=O) groups excluding carboxylic acids is 3. The van der Waals surface area contributed by atoms with E-state index in [0.29, 0.717) is 24.9 Å². The molecule has 4 atom stereocenters. The van der Waals surface area contributed by atoms with Crippen LogP contribution in [0.3, 0.4) is 0 Å². The molecule has 4 unspecified atom stereocenters. The molecule has 0 saturated heterocycles. The molecule has 0 aliphatic heterocycles. The molecular formula is C27H37N5O6S. The number of carboxylic acids is 1. The van der Waals surface area contributed by atoms with Crippen LogP contribution in [0, 0.1) is 0 Å². The molecule has 0 bridgehead atoms. The van der Waals surface area contributed by atoms with E-state index in [0.717, 1.165) is 5.56 Å². The number of unbranched alkanes of at least 4 members (excludes halogenated alkanes) is 1. The lowest BCUT2D eigenvalue weighted by atomic mass is 10.0. The average molecular weight is 560 g/mol. The predicted molar refractivity (Wildman–Crippen MR) is 150 cm³/mol. The second-order valence-corrected chi connectivity index (χ2v) is 9.52. The normalized spacial score (nSPS) is 13.9. The maximum Gasteiger partial charge on any atom is 0.326 e. The Hall–Kier alpha value is -3.61. The summed E-state index contributed by atoms with van der Waals surface area (Å²) in [4.78, 5) is 50.7. The molecule has 212 valence electrons. The van der Waals surface area contributed by atoms with Gasteiger partial charge < -0.3 is 37.6 Å². The molecule has 2 aromatic carbocycles. The number of amides is 3. The average Bonchev–Trinajstić information content (AvgIpc) is 2.92. The first kappa shape index (κ1) is 31.6. The van der Waals surface area contributed by atoms with Gasteiger partial charge in [0.1, 0.15) is 23.9 Å². The maximum atomic E-state index is 13.2. The highest BCUT2D eigenvalue weighted by molar-refractivity contribution is 7.80. The van der Waals surface area contributed by atoms with Crippen LogP contribution in [0.5, 0.6) is 5.75 Å². The lowest BCUT2D eigenvalue weighted by Gasteiger charge is -2.25. The summed E-state index contributed by atoms with van der Waals surface area (Å²) in [5.41, 5.74) is 13.0. The van der Waals surface area contributed by atoms with E-state index in [2.05, 4.69) is 28.6 Å². The summed E-state index contributed by atoms with van der Waals surface area (Å²) in [5.74, 6) is -3.19. The maximum absolute atomic E-state index is 13.2. The van der Waals surface area contributed by atoms with E-state index in [1.807, 2.05) is 30.3 Å². The summed E-state index contributed by atoms with van der Waals surface area (Å²) in [6.07, 6.45) is 1.55. The highest BCUT2D eigenvalue weighted by Crippen LogP contribution is 2.12. The van der Waals surface area contributed by atoms with Gasteiger partial charge in [0.05, 0.1) is 6.04 Å². The molecule has 12 heteroatoms. The Morgan fingerprint density at radius 1 is 0.769 bits per heavy atom. The summed E-state index contributed by atoms with van der Waals surface area (Å²) in [5, 5.41) is 26.8. The zero-order valence-corrected chi connectivity index (χ0v) is 22.5. The molecule has 2 aromatic rings. The Bertz CT molecular complexity index is 1090. The molecule has 0 saturated carbocycles. The molecule has 39 heavy (non-hydrogen) atoms. The van der Waals surface area contributed by atoms with Crippen molar-refractivity contribution in [1.29, 1.82) is 0 Å². The first-order valence-electron chi connectivity index (χ1n) is 12.7. The standard InChI is InChI=1S/C27H37N5O6S/c28-13-5-4-8-21(27(37)38)30-25(35)22(15-18-9-11-19(33)12-10-18)31-26(36)23(16-39)32-24(34)20(29)14-17-6-2-1-3-7-17/h1-3,6-7,9-12,20-23,33,39H,4-5,8,13-16,28-29H2,(H,30,35)(H,31,36)(H,32,34)(H,37,38). The molecule has 9 N–H and O–H groups in total. The SMILES string of the molecule is NCCCCC(NC(=O)C(Cc1ccc(O)cc1)NC(=O)C(CS)NC(=O)C(N)Cc1ccccc1)C(=O)O. The molecule has 0 heterocycles. The molecule has 11 nitrogen and oxygen atoms in total. The van der Waals surface area contributed by atoms with Gasteiger partial charge in [-0.15, -0.1) is 0 Å². The van der Waals surface area contributed by atoms with Crippen molar-refractivity contribution in [1.82, 2.24) is 16.0 Å². The number of thiol groups is 1. The third kappa shape index (κ3) is 11.0. The minimum absolute atomic E-state index is 0.00769. The molecule has 0 aromatic heterocycles. The van der Waals surface area contributed by atoms with Crippen molar-refractivity contribution in [3.63, 3.8) is 0 Å². The van der Waals surface area contributed by atoms with Crippen molar-refractivity contribution >= 4 is 36.3 Å². The molecule has 0 aliphatic carbocycles. The zero-order valence-electron chi connectivity index (χ0n) is 21.6. The summed E-state index contributed by atoms with van der Waals surface area (Å²) in [6, 6.07) is 10.9. The first-order valence-corrected chi connectivity index (χ1v) is 13.3. The number of phenolic OH excluding ortho intramolecular Hbond substituents is 1. The molecular weight excluding hydrogens is 522 g/mol. The van der Waals surface area contributed by atoms with Crippen LogP contribution in [0.2, 0.25) is 0 Å². The van der Waals surface area contributed by atoms with E-state index in [-0.39, 0.29) is 30.8 Å². The van der Waals surface area contributed by atoms with Crippen molar-refractivity contribution in [2.45, 2.75) is 56.3 Å². The number of aromatic hydroxyl groups is 1. The fraction of sp³-hybridized carbons (Fsp3) is 0.407. The van der Waals surface area contributed by atoms with E-state index < -0.39 is 47.9 Å². The Kier molecular flexibility index (Phi) is 13.3. The molecule has 0 aliphatic rings. The minimum Gasteiger partial charge on any atom is -0.508 e. The summed E-state index contributed by atoms with van der Waals surface area (Å²) in [7, 11) is 0. The van der Waals surface area contributed by atoms with Crippen LogP contribution in [-0.2, 0) is 32.0 Å². The van der Waals surface area contributed by atoms with Gasteiger partial charge in [-0.1, -0.05) is 42.5 Å². The predicted octanol–water partition coefficient (Wildman–Crippen LogP) is 0.103. The van der Waals surface area contributed by atoms with E-state index in [9.17, 15) is 29.4 Å². The topological polar surface area (TPSA) is 197 Å². The number of carbonyl (C=O) groups is 4. The van der Waals surface area contributed by atoms with Gasteiger partial charge in [0.2, 0.25) is 17.7 Å². The number of nitrogens with two attached hydrogens (primary N) is 2. The highest BCUT2D eigenvalue weighted by Gasteiger charge is 2.30. The Balaban J connectivity index is 2.13. The number of carboxylic acid groups (broad SMARTS) is 1. The molecule has 0 spiro atoms. The zero-order chi connectivity index (χ0) is 28.8. The van der Waals surface area contributed by atoms with Crippen molar-refractivity contribution in [2.24, 2.45) is 11.5 Å². The van der Waals surface area contributed by atoms with Gasteiger partial charge in [-0.25, -0.2) is 4.79 Å².